The monoisotopic (exact) mass is 343 g/mol. The lowest BCUT2D eigenvalue weighted by molar-refractivity contribution is 0.0741. The second-order valence-corrected chi connectivity index (χ2v) is 6.58. The Morgan fingerprint density at radius 1 is 1.20 bits per heavy atom. The van der Waals surface area contributed by atoms with Crippen LogP contribution in [0.4, 0.5) is 5.95 Å². The van der Waals surface area contributed by atoms with Crippen LogP contribution in [0.2, 0.25) is 0 Å². The number of nitrogens with zero attached hydrogens (tertiary/aromatic N) is 5. The highest BCUT2D eigenvalue weighted by atomic mass is 16.5. The molecule has 0 bridgehead atoms. The van der Waals surface area contributed by atoms with Crippen molar-refractivity contribution in [2.45, 2.75) is 12.8 Å². The number of hydrogen-bond acceptors (Lipinski definition) is 7. The minimum Gasteiger partial charge on any atom is -0.479 e. The molecule has 8 heteroatoms. The van der Waals surface area contributed by atoms with Gasteiger partial charge in [0.25, 0.3) is 11.8 Å². The van der Waals surface area contributed by atoms with Gasteiger partial charge in [0.05, 0.1) is 13.2 Å². The zero-order valence-corrected chi connectivity index (χ0v) is 14.2. The Labute approximate surface area is 145 Å². The molecule has 25 heavy (non-hydrogen) atoms. The predicted octanol–water partition coefficient (Wildman–Crippen LogP) is 1.46. The normalized spacial score (nSPS) is 23.2. The van der Waals surface area contributed by atoms with E-state index in [4.69, 9.17) is 9.26 Å². The van der Waals surface area contributed by atoms with Crippen molar-refractivity contribution in [2.24, 2.45) is 11.8 Å². The topological polar surface area (TPSA) is 84.6 Å². The van der Waals surface area contributed by atoms with Crippen LogP contribution in [0.25, 0.3) is 0 Å². The molecular weight excluding hydrogens is 322 g/mol. The van der Waals surface area contributed by atoms with E-state index in [0.717, 1.165) is 45.0 Å². The van der Waals surface area contributed by atoms with Crippen LogP contribution in [0.3, 0.4) is 0 Å². The van der Waals surface area contributed by atoms with Crippen molar-refractivity contribution in [3.63, 3.8) is 0 Å². The largest absolute Gasteiger partial charge is 0.479 e. The van der Waals surface area contributed by atoms with Crippen molar-refractivity contribution in [1.82, 2.24) is 20.0 Å². The fraction of sp³-hybridized carbons (Fsp3) is 0.529. The number of fused-ring (bicyclic) bond motifs is 1. The number of amides is 1. The van der Waals surface area contributed by atoms with Crippen LogP contribution in [0.5, 0.6) is 5.88 Å². The Morgan fingerprint density at radius 3 is 2.48 bits per heavy atom. The molecule has 0 spiro atoms. The smallest absolute Gasteiger partial charge is 0.292 e. The van der Waals surface area contributed by atoms with Crippen molar-refractivity contribution in [3.8, 4) is 5.88 Å². The van der Waals surface area contributed by atoms with Crippen LogP contribution in [0.1, 0.15) is 23.4 Å². The van der Waals surface area contributed by atoms with E-state index in [1.165, 1.54) is 7.11 Å². The molecule has 4 heterocycles. The lowest BCUT2D eigenvalue weighted by Gasteiger charge is -2.21. The fourth-order valence-electron chi connectivity index (χ4n) is 3.78. The van der Waals surface area contributed by atoms with Gasteiger partial charge in [-0.2, -0.15) is 0 Å². The van der Waals surface area contributed by atoms with Gasteiger partial charge in [-0.25, -0.2) is 9.97 Å². The first-order chi connectivity index (χ1) is 12.2. The minimum absolute atomic E-state index is 0.105. The third kappa shape index (κ3) is 3.16. The van der Waals surface area contributed by atoms with Gasteiger partial charge in [-0.05, 0) is 35.9 Å². The number of aromatic nitrogens is 3. The lowest BCUT2D eigenvalue weighted by atomic mass is 9.92. The van der Waals surface area contributed by atoms with Gasteiger partial charge in [-0.3, -0.25) is 4.79 Å². The maximum absolute atomic E-state index is 12.6. The number of methoxy groups -OCH3 is 1. The van der Waals surface area contributed by atoms with Gasteiger partial charge in [0.15, 0.2) is 0 Å². The van der Waals surface area contributed by atoms with Crippen molar-refractivity contribution >= 4 is 11.9 Å². The standard InChI is InChI=1S/C17H21N5O3/c1-24-15-9-14(25-20-15)16(23)22-10-12-3-7-21(8-4-13(12)11-22)17-18-5-2-6-19-17/h2,5-6,9,12-13H,3-4,7-8,10-11H2,1H3/t12-,13+. The zero-order chi connectivity index (χ0) is 17.2. The van der Waals surface area contributed by atoms with E-state index >= 15 is 0 Å². The van der Waals surface area contributed by atoms with Crippen molar-refractivity contribution in [2.75, 3.05) is 38.2 Å². The first-order valence-electron chi connectivity index (χ1n) is 8.56. The molecule has 1 amide bonds. The third-order valence-corrected chi connectivity index (χ3v) is 5.15. The molecule has 2 saturated heterocycles. The summed E-state index contributed by atoms with van der Waals surface area (Å²) in [7, 11) is 1.50. The highest BCUT2D eigenvalue weighted by Crippen LogP contribution is 2.33. The number of anilines is 1. The van der Waals surface area contributed by atoms with Gasteiger partial charge in [0.1, 0.15) is 0 Å². The number of ether oxygens (including phenoxy) is 1. The van der Waals surface area contributed by atoms with Crippen LogP contribution in [-0.4, -0.2) is 59.2 Å². The minimum atomic E-state index is -0.105. The van der Waals surface area contributed by atoms with Gasteiger partial charge in [-0.1, -0.05) is 0 Å². The van der Waals surface area contributed by atoms with E-state index in [2.05, 4.69) is 20.0 Å². The van der Waals surface area contributed by atoms with Gasteiger partial charge < -0.3 is 19.1 Å². The predicted molar refractivity (Wildman–Crippen MR) is 89.4 cm³/mol. The molecule has 0 radical (unpaired) electrons. The van der Waals surface area contributed by atoms with Gasteiger partial charge in [0, 0.05) is 38.6 Å². The van der Waals surface area contributed by atoms with Crippen molar-refractivity contribution < 1.29 is 14.1 Å². The summed E-state index contributed by atoms with van der Waals surface area (Å²) in [4.78, 5) is 25.4. The van der Waals surface area contributed by atoms with E-state index in [1.807, 2.05) is 11.0 Å². The summed E-state index contributed by atoms with van der Waals surface area (Å²) in [6, 6.07) is 3.38. The Bertz CT molecular complexity index is 719. The number of rotatable bonds is 3. The van der Waals surface area contributed by atoms with Crippen molar-refractivity contribution in [3.05, 3.63) is 30.3 Å². The molecule has 0 aromatic carbocycles. The molecule has 2 aliphatic heterocycles. The number of hydrogen-bond donors (Lipinski definition) is 0. The molecule has 4 rings (SSSR count). The van der Waals surface area contributed by atoms with Gasteiger partial charge in [-0.15, -0.1) is 0 Å². The number of carbonyl (C=O) groups excluding carboxylic acids is 1. The highest BCUT2D eigenvalue weighted by Gasteiger charge is 2.38. The highest BCUT2D eigenvalue weighted by molar-refractivity contribution is 5.91. The molecule has 2 fully saturated rings. The van der Waals surface area contributed by atoms with E-state index in [0.29, 0.717) is 17.7 Å². The fourth-order valence-corrected chi connectivity index (χ4v) is 3.78. The van der Waals surface area contributed by atoms with E-state index in [9.17, 15) is 4.79 Å². The average molecular weight is 343 g/mol. The summed E-state index contributed by atoms with van der Waals surface area (Å²) in [6.07, 6.45) is 5.62. The molecule has 0 aliphatic carbocycles. The summed E-state index contributed by atoms with van der Waals surface area (Å²) in [5, 5.41) is 3.71. The molecular formula is C17H21N5O3. The summed E-state index contributed by atoms with van der Waals surface area (Å²) in [5.74, 6) is 2.27. The first-order valence-corrected chi connectivity index (χ1v) is 8.56. The van der Waals surface area contributed by atoms with Crippen molar-refractivity contribution in [1.29, 1.82) is 0 Å². The van der Waals surface area contributed by atoms with E-state index in [1.54, 1.807) is 18.5 Å². The molecule has 0 saturated carbocycles. The second kappa shape index (κ2) is 6.70. The summed E-state index contributed by atoms with van der Waals surface area (Å²) in [6.45, 7) is 3.36. The maximum atomic E-state index is 12.6. The molecule has 2 atom stereocenters. The number of carbonyl (C=O) groups is 1. The molecule has 2 aromatic heterocycles. The Kier molecular flexibility index (Phi) is 4.25. The van der Waals surface area contributed by atoms with Gasteiger partial charge >= 0.3 is 0 Å². The number of likely N-dealkylation sites (tertiary alicyclic amines) is 1. The first kappa shape index (κ1) is 15.9. The van der Waals surface area contributed by atoms with Crippen LogP contribution in [-0.2, 0) is 0 Å². The molecule has 2 aliphatic rings. The molecule has 8 nitrogen and oxygen atoms in total. The Hall–Kier alpha value is -2.64. The van der Waals surface area contributed by atoms with E-state index in [-0.39, 0.29) is 11.7 Å². The second-order valence-electron chi connectivity index (χ2n) is 6.58. The van der Waals surface area contributed by atoms with Crippen LogP contribution >= 0.6 is 0 Å². The maximum Gasteiger partial charge on any atom is 0.292 e. The molecule has 2 aromatic rings. The van der Waals surface area contributed by atoms with Crippen LogP contribution in [0, 0.1) is 11.8 Å². The third-order valence-electron chi connectivity index (χ3n) is 5.15. The zero-order valence-electron chi connectivity index (χ0n) is 14.2. The molecule has 0 unspecified atom stereocenters. The lowest BCUT2D eigenvalue weighted by Crippen LogP contribution is -2.31. The molecule has 132 valence electrons. The summed E-state index contributed by atoms with van der Waals surface area (Å²) >= 11 is 0. The Morgan fingerprint density at radius 2 is 1.88 bits per heavy atom. The quantitative estimate of drug-likeness (QED) is 0.834. The van der Waals surface area contributed by atoms with E-state index < -0.39 is 0 Å². The Balaban J connectivity index is 1.39. The molecule has 0 N–H and O–H groups in total. The average Bonchev–Trinajstić information content (AvgIpc) is 3.25. The van der Waals surface area contributed by atoms with Crippen LogP contribution in [0.15, 0.2) is 29.0 Å². The SMILES string of the molecule is COc1cc(C(=O)N2C[C@H]3CCN(c4ncccn4)CC[C@H]3C2)on1. The van der Waals surface area contributed by atoms with Gasteiger partial charge in [0.2, 0.25) is 11.7 Å². The summed E-state index contributed by atoms with van der Waals surface area (Å²) in [5.41, 5.74) is 0. The van der Waals surface area contributed by atoms with Crippen LogP contribution < -0.4 is 9.64 Å². The summed E-state index contributed by atoms with van der Waals surface area (Å²) < 4.78 is 10.1.